The number of fused-ring (bicyclic) bond motifs is 1. The molecule has 0 heterocycles. The van der Waals surface area contributed by atoms with Crippen LogP contribution in [-0.4, -0.2) is 12.5 Å². The van der Waals surface area contributed by atoms with Gasteiger partial charge in [0.15, 0.2) is 0 Å². The van der Waals surface area contributed by atoms with Crippen molar-refractivity contribution in [2.24, 2.45) is 17.1 Å². The highest BCUT2D eigenvalue weighted by Crippen LogP contribution is 2.51. The average Bonchev–Trinajstić information content (AvgIpc) is 3.13. The molecule has 1 amide bonds. The summed E-state index contributed by atoms with van der Waals surface area (Å²) in [5.74, 6) is 0.260. The Morgan fingerprint density at radius 1 is 1.29 bits per heavy atom. The van der Waals surface area contributed by atoms with Gasteiger partial charge in [-0.15, -0.1) is 0 Å². The first-order valence-corrected chi connectivity index (χ1v) is 7.50. The van der Waals surface area contributed by atoms with Crippen LogP contribution in [0.2, 0.25) is 0 Å². The smallest absolute Gasteiger partial charge is 0.224 e. The summed E-state index contributed by atoms with van der Waals surface area (Å²) in [5.41, 5.74) is 7.09. The van der Waals surface area contributed by atoms with Crippen LogP contribution in [-0.2, 0) is 4.79 Å². The number of nitrogens with two attached hydrogens (primary N) is 1. The molecule has 1 saturated carbocycles. The molecule has 0 bridgehead atoms. The van der Waals surface area contributed by atoms with E-state index < -0.39 is 0 Å². The molecule has 2 unspecified atom stereocenters. The molecular formula is C18H22N2O. The lowest BCUT2D eigenvalue weighted by atomic mass is 10.0. The van der Waals surface area contributed by atoms with Crippen LogP contribution in [0.15, 0.2) is 42.5 Å². The van der Waals surface area contributed by atoms with E-state index in [9.17, 15) is 4.79 Å². The van der Waals surface area contributed by atoms with Gasteiger partial charge in [0.2, 0.25) is 5.91 Å². The van der Waals surface area contributed by atoms with E-state index in [1.807, 2.05) is 12.1 Å². The molecule has 1 fully saturated rings. The maximum absolute atomic E-state index is 12.3. The van der Waals surface area contributed by atoms with Crippen LogP contribution in [0.25, 0.3) is 10.8 Å². The first kappa shape index (κ1) is 14.1. The first-order valence-electron chi connectivity index (χ1n) is 7.50. The average molecular weight is 282 g/mol. The quantitative estimate of drug-likeness (QED) is 0.905. The molecule has 3 heteroatoms. The Hall–Kier alpha value is -1.87. The van der Waals surface area contributed by atoms with E-state index in [-0.39, 0.29) is 23.3 Å². The van der Waals surface area contributed by atoms with E-state index in [0.717, 1.165) is 12.0 Å². The third kappa shape index (κ3) is 2.79. The van der Waals surface area contributed by atoms with Crippen molar-refractivity contribution in [3.63, 3.8) is 0 Å². The lowest BCUT2D eigenvalue weighted by molar-refractivity contribution is -0.123. The molecule has 2 aromatic carbocycles. The van der Waals surface area contributed by atoms with Gasteiger partial charge in [-0.1, -0.05) is 50.2 Å². The summed E-state index contributed by atoms with van der Waals surface area (Å²) in [5, 5.41) is 5.48. The second kappa shape index (κ2) is 5.15. The molecule has 3 rings (SSSR count). The summed E-state index contributed by atoms with van der Waals surface area (Å²) in [6.45, 7) is 4.67. The molecule has 0 aliphatic heterocycles. The Morgan fingerprint density at radius 2 is 1.95 bits per heavy atom. The molecule has 1 aliphatic carbocycles. The molecule has 3 N–H and O–H groups in total. The molecule has 2 atom stereocenters. The molecule has 110 valence electrons. The minimum absolute atomic E-state index is 0.112. The van der Waals surface area contributed by atoms with Crippen molar-refractivity contribution in [1.29, 1.82) is 0 Å². The molecule has 0 spiro atoms. The number of rotatable bonds is 4. The number of carbonyl (C=O) groups is 1. The topological polar surface area (TPSA) is 55.1 Å². The first-order chi connectivity index (χ1) is 10.0. The third-order valence-electron chi connectivity index (χ3n) is 4.56. The van der Waals surface area contributed by atoms with Gasteiger partial charge in [-0.3, -0.25) is 4.79 Å². The fourth-order valence-corrected chi connectivity index (χ4v) is 2.89. The monoisotopic (exact) mass is 282 g/mol. The molecule has 2 aromatic rings. The van der Waals surface area contributed by atoms with Gasteiger partial charge in [-0.25, -0.2) is 0 Å². The third-order valence-corrected chi connectivity index (χ3v) is 4.56. The van der Waals surface area contributed by atoms with Gasteiger partial charge in [0.1, 0.15) is 0 Å². The van der Waals surface area contributed by atoms with Gasteiger partial charge in [0.25, 0.3) is 0 Å². The van der Waals surface area contributed by atoms with E-state index >= 15 is 0 Å². The summed E-state index contributed by atoms with van der Waals surface area (Å²) in [6.07, 6.45) is 0.966. The number of hydrogen-bond acceptors (Lipinski definition) is 2. The number of nitrogens with one attached hydrogen (secondary N) is 1. The van der Waals surface area contributed by atoms with Gasteiger partial charge in [0, 0.05) is 12.5 Å². The van der Waals surface area contributed by atoms with Gasteiger partial charge in [0.05, 0.1) is 6.04 Å². The van der Waals surface area contributed by atoms with Crippen molar-refractivity contribution in [1.82, 2.24) is 5.32 Å². The fourth-order valence-electron chi connectivity index (χ4n) is 2.89. The Labute approximate surface area is 125 Å². The van der Waals surface area contributed by atoms with Gasteiger partial charge in [-0.05, 0) is 34.2 Å². The van der Waals surface area contributed by atoms with Crippen molar-refractivity contribution in [3.8, 4) is 0 Å². The highest BCUT2D eigenvalue weighted by Gasteiger charge is 2.50. The molecule has 0 radical (unpaired) electrons. The summed E-state index contributed by atoms with van der Waals surface area (Å²) < 4.78 is 0. The van der Waals surface area contributed by atoms with Crippen LogP contribution >= 0.6 is 0 Å². The largest absolute Gasteiger partial charge is 0.348 e. The second-order valence-corrected chi connectivity index (χ2v) is 6.65. The van der Waals surface area contributed by atoms with Gasteiger partial charge < -0.3 is 11.1 Å². The highest BCUT2D eigenvalue weighted by molar-refractivity contribution is 5.84. The van der Waals surface area contributed by atoms with Gasteiger partial charge >= 0.3 is 0 Å². The van der Waals surface area contributed by atoms with Crippen LogP contribution < -0.4 is 11.1 Å². The number of amides is 1. The van der Waals surface area contributed by atoms with E-state index in [2.05, 4.69) is 49.5 Å². The van der Waals surface area contributed by atoms with E-state index in [4.69, 9.17) is 5.73 Å². The van der Waals surface area contributed by atoms with Crippen LogP contribution in [0.5, 0.6) is 0 Å². The predicted octanol–water partition coefficient (Wildman–Crippen LogP) is 3.00. The zero-order valence-electron chi connectivity index (χ0n) is 12.6. The van der Waals surface area contributed by atoms with Crippen molar-refractivity contribution in [2.75, 3.05) is 6.54 Å². The summed E-state index contributed by atoms with van der Waals surface area (Å²) in [7, 11) is 0. The minimum atomic E-state index is -0.112. The summed E-state index contributed by atoms with van der Waals surface area (Å²) in [6, 6.07) is 14.4. The van der Waals surface area contributed by atoms with Crippen molar-refractivity contribution in [3.05, 3.63) is 48.0 Å². The lowest BCUT2D eigenvalue weighted by Gasteiger charge is -2.18. The standard InChI is InChI=1S/C18H22N2O/c1-18(2)10-15(18)17(21)20-16(11-19)14-8-7-12-5-3-4-6-13(12)9-14/h3-9,15-16H,10-11,19H2,1-2H3,(H,20,21). The molecule has 0 aromatic heterocycles. The van der Waals surface area contributed by atoms with Crippen LogP contribution in [0.1, 0.15) is 31.9 Å². The van der Waals surface area contributed by atoms with E-state index in [1.165, 1.54) is 10.8 Å². The molecule has 3 nitrogen and oxygen atoms in total. The van der Waals surface area contributed by atoms with Gasteiger partial charge in [-0.2, -0.15) is 0 Å². The number of benzene rings is 2. The van der Waals surface area contributed by atoms with E-state index in [0.29, 0.717) is 6.54 Å². The zero-order valence-corrected chi connectivity index (χ0v) is 12.6. The van der Waals surface area contributed by atoms with E-state index in [1.54, 1.807) is 0 Å². The maximum atomic E-state index is 12.3. The molecule has 1 aliphatic rings. The highest BCUT2D eigenvalue weighted by atomic mass is 16.2. The van der Waals surface area contributed by atoms with Crippen molar-refractivity contribution < 1.29 is 4.79 Å². The number of carbonyl (C=O) groups excluding carboxylic acids is 1. The second-order valence-electron chi connectivity index (χ2n) is 6.65. The zero-order chi connectivity index (χ0) is 15.0. The number of hydrogen-bond donors (Lipinski definition) is 2. The summed E-state index contributed by atoms with van der Waals surface area (Å²) in [4.78, 5) is 12.3. The van der Waals surface area contributed by atoms with Crippen LogP contribution in [0, 0.1) is 11.3 Å². The normalized spacial score (nSPS) is 21.0. The predicted molar refractivity (Wildman–Crippen MR) is 85.8 cm³/mol. The molecular weight excluding hydrogens is 260 g/mol. The fraction of sp³-hybridized carbons (Fsp3) is 0.389. The Balaban J connectivity index is 1.80. The lowest BCUT2D eigenvalue weighted by Crippen LogP contribution is -2.35. The van der Waals surface area contributed by atoms with Crippen molar-refractivity contribution in [2.45, 2.75) is 26.3 Å². The Bertz CT molecular complexity index is 678. The molecule has 21 heavy (non-hydrogen) atoms. The van der Waals surface area contributed by atoms with Crippen molar-refractivity contribution >= 4 is 16.7 Å². The minimum Gasteiger partial charge on any atom is -0.348 e. The van der Waals surface area contributed by atoms with Crippen LogP contribution in [0.4, 0.5) is 0 Å². The Morgan fingerprint density at radius 3 is 2.57 bits per heavy atom. The SMILES string of the molecule is CC1(C)CC1C(=O)NC(CN)c1ccc2ccccc2c1. The van der Waals surface area contributed by atoms with Crippen LogP contribution in [0.3, 0.4) is 0 Å². The summed E-state index contributed by atoms with van der Waals surface area (Å²) >= 11 is 0. The maximum Gasteiger partial charge on any atom is 0.224 e. The molecule has 0 saturated heterocycles. The Kier molecular flexibility index (Phi) is 3.46.